The van der Waals surface area contributed by atoms with Crippen molar-refractivity contribution >= 4 is 28.3 Å². The molecule has 0 saturated carbocycles. The number of carbonyl (C=O) groups is 2. The van der Waals surface area contributed by atoms with Gasteiger partial charge in [0.15, 0.2) is 0 Å². The Balaban J connectivity index is 1.78. The summed E-state index contributed by atoms with van der Waals surface area (Å²) in [6.45, 7) is 0. The van der Waals surface area contributed by atoms with Gasteiger partial charge in [-0.15, -0.1) is 13.2 Å². The summed E-state index contributed by atoms with van der Waals surface area (Å²) in [6, 6.07) is 11.6. The summed E-state index contributed by atoms with van der Waals surface area (Å²) in [6.07, 6.45) is -3.43. The van der Waals surface area contributed by atoms with Crippen molar-refractivity contribution in [3.63, 3.8) is 0 Å². The van der Waals surface area contributed by atoms with Gasteiger partial charge in [-0.2, -0.15) is 0 Å². The van der Waals surface area contributed by atoms with Crippen LogP contribution in [0.4, 0.5) is 18.9 Å². The van der Waals surface area contributed by atoms with Gasteiger partial charge in [-0.3, -0.25) is 9.59 Å². The maximum absolute atomic E-state index is 12.3. The number of amides is 1. The molecule has 3 rings (SSSR count). The summed E-state index contributed by atoms with van der Waals surface area (Å²) in [4.78, 5) is 27.3. The Labute approximate surface area is 139 Å². The molecule has 0 fully saturated rings. The Hall–Kier alpha value is -3.29. The van der Waals surface area contributed by atoms with Crippen LogP contribution in [0.1, 0.15) is 10.4 Å². The minimum Gasteiger partial charge on any atom is -0.406 e. The number of hydrogen-bond donors (Lipinski definition) is 2. The molecule has 25 heavy (non-hydrogen) atoms. The van der Waals surface area contributed by atoms with E-state index in [0.29, 0.717) is 10.9 Å². The van der Waals surface area contributed by atoms with Crippen LogP contribution in [0.25, 0.3) is 10.9 Å². The normalized spacial score (nSPS) is 11.3. The molecule has 5 nitrogen and oxygen atoms in total. The van der Waals surface area contributed by atoms with E-state index in [2.05, 4.69) is 15.0 Å². The molecule has 0 atom stereocenters. The molecule has 1 amide bonds. The van der Waals surface area contributed by atoms with Crippen molar-refractivity contribution in [3.05, 3.63) is 60.3 Å². The standard InChI is InChI=1S/C17H11F3N2O3/c18-17(19,20)25-11-5-3-4-10(8-11)22-16(24)15(23)13-9-21-14-7-2-1-6-12(13)14/h1-9,21H,(H,22,24). The Morgan fingerprint density at radius 2 is 1.80 bits per heavy atom. The average Bonchev–Trinajstić information content (AvgIpc) is 2.96. The number of hydrogen-bond acceptors (Lipinski definition) is 3. The minimum atomic E-state index is -4.84. The summed E-state index contributed by atoms with van der Waals surface area (Å²) in [5, 5.41) is 2.85. The number of H-pyrrole nitrogens is 1. The molecule has 0 aliphatic heterocycles. The van der Waals surface area contributed by atoms with Crippen LogP contribution >= 0.6 is 0 Å². The molecule has 0 saturated heterocycles. The molecule has 0 radical (unpaired) electrons. The fourth-order valence-corrected chi connectivity index (χ4v) is 2.34. The van der Waals surface area contributed by atoms with Crippen LogP contribution < -0.4 is 10.1 Å². The van der Waals surface area contributed by atoms with Crippen LogP contribution in [0, 0.1) is 0 Å². The predicted octanol–water partition coefficient (Wildman–Crippen LogP) is 3.89. The van der Waals surface area contributed by atoms with Gasteiger partial charge in [0.1, 0.15) is 5.75 Å². The van der Waals surface area contributed by atoms with Gasteiger partial charge in [0, 0.05) is 28.9 Å². The Morgan fingerprint density at radius 3 is 2.56 bits per heavy atom. The molecule has 2 N–H and O–H groups in total. The lowest BCUT2D eigenvalue weighted by Gasteiger charge is -2.10. The van der Waals surface area contributed by atoms with Gasteiger partial charge >= 0.3 is 6.36 Å². The van der Waals surface area contributed by atoms with Crippen LogP contribution in [-0.2, 0) is 4.79 Å². The van der Waals surface area contributed by atoms with Crippen molar-refractivity contribution in [2.75, 3.05) is 5.32 Å². The first-order valence-corrected chi connectivity index (χ1v) is 7.11. The first kappa shape index (κ1) is 16.6. The van der Waals surface area contributed by atoms with E-state index in [9.17, 15) is 22.8 Å². The maximum atomic E-state index is 12.3. The van der Waals surface area contributed by atoms with Crippen LogP contribution in [-0.4, -0.2) is 23.0 Å². The second-order valence-corrected chi connectivity index (χ2v) is 5.11. The third-order valence-corrected chi connectivity index (χ3v) is 3.37. The fourth-order valence-electron chi connectivity index (χ4n) is 2.34. The minimum absolute atomic E-state index is 0.0138. The molecule has 0 unspecified atom stereocenters. The number of aromatic amines is 1. The summed E-state index contributed by atoms with van der Waals surface area (Å²) in [7, 11) is 0. The number of halogens is 3. The third-order valence-electron chi connectivity index (χ3n) is 3.37. The van der Waals surface area contributed by atoms with Crippen molar-refractivity contribution < 1.29 is 27.5 Å². The van der Waals surface area contributed by atoms with Crippen molar-refractivity contribution in [2.45, 2.75) is 6.36 Å². The molecular formula is C17H11F3N2O3. The molecule has 1 heterocycles. The smallest absolute Gasteiger partial charge is 0.406 e. The number of para-hydroxylation sites is 1. The number of ether oxygens (including phenoxy) is 1. The van der Waals surface area contributed by atoms with Gasteiger partial charge in [0.05, 0.1) is 5.56 Å². The number of anilines is 1. The molecule has 1 aromatic heterocycles. The van der Waals surface area contributed by atoms with Crippen molar-refractivity contribution in [1.29, 1.82) is 0 Å². The molecule has 0 aliphatic rings. The Bertz CT molecular complexity index is 947. The van der Waals surface area contributed by atoms with Gasteiger partial charge in [-0.1, -0.05) is 24.3 Å². The molecule has 0 spiro atoms. The van der Waals surface area contributed by atoms with Crippen molar-refractivity contribution in [3.8, 4) is 5.75 Å². The molecule has 0 aliphatic carbocycles. The first-order valence-electron chi connectivity index (χ1n) is 7.11. The highest BCUT2D eigenvalue weighted by Gasteiger charge is 2.31. The number of alkyl halides is 3. The van der Waals surface area contributed by atoms with Crippen molar-refractivity contribution in [1.82, 2.24) is 4.98 Å². The van der Waals surface area contributed by atoms with E-state index in [0.717, 1.165) is 12.1 Å². The van der Waals surface area contributed by atoms with E-state index in [4.69, 9.17) is 0 Å². The van der Waals surface area contributed by atoms with Gasteiger partial charge in [0.25, 0.3) is 11.7 Å². The molecule has 2 aromatic carbocycles. The highest BCUT2D eigenvalue weighted by atomic mass is 19.4. The van der Waals surface area contributed by atoms with Crippen molar-refractivity contribution in [2.24, 2.45) is 0 Å². The number of carbonyl (C=O) groups excluding carboxylic acids is 2. The van der Waals surface area contributed by atoms with Crippen LogP contribution in [0.2, 0.25) is 0 Å². The number of aromatic nitrogens is 1. The van der Waals surface area contributed by atoms with E-state index in [1.807, 2.05) is 0 Å². The molecule has 0 bridgehead atoms. The predicted molar refractivity (Wildman–Crippen MR) is 84.4 cm³/mol. The molecule has 128 valence electrons. The monoisotopic (exact) mass is 348 g/mol. The number of fused-ring (bicyclic) bond motifs is 1. The lowest BCUT2D eigenvalue weighted by atomic mass is 10.1. The van der Waals surface area contributed by atoms with E-state index < -0.39 is 23.8 Å². The average molecular weight is 348 g/mol. The van der Waals surface area contributed by atoms with Gasteiger partial charge < -0.3 is 15.0 Å². The number of nitrogens with one attached hydrogen (secondary N) is 2. The van der Waals surface area contributed by atoms with E-state index in [1.54, 1.807) is 24.3 Å². The maximum Gasteiger partial charge on any atom is 0.573 e. The largest absolute Gasteiger partial charge is 0.573 e. The lowest BCUT2D eigenvalue weighted by molar-refractivity contribution is -0.274. The number of benzene rings is 2. The second-order valence-electron chi connectivity index (χ2n) is 5.11. The zero-order chi connectivity index (χ0) is 18.0. The molecule has 3 aromatic rings. The summed E-state index contributed by atoms with van der Waals surface area (Å²) in [5.74, 6) is -2.27. The number of Topliss-reactive ketones (excluding diaryl/α,β-unsaturated/α-hetero) is 1. The quantitative estimate of drug-likeness (QED) is 0.555. The zero-order valence-corrected chi connectivity index (χ0v) is 12.6. The summed E-state index contributed by atoms with van der Waals surface area (Å²) >= 11 is 0. The Morgan fingerprint density at radius 1 is 1.04 bits per heavy atom. The highest BCUT2D eigenvalue weighted by molar-refractivity contribution is 6.48. The van der Waals surface area contributed by atoms with Gasteiger partial charge in [-0.05, 0) is 18.2 Å². The lowest BCUT2D eigenvalue weighted by Crippen LogP contribution is -2.23. The zero-order valence-electron chi connectivity index (χ0n) is 12.6. The van der Waals surface area contributed by atoms with E-state index >= 15 is 0 Å². The van der Waals surface area contributed by atoms with Gasteiger partial charge in [0.2, 0.25) is 0 Å². The van der Waals surface area contributed by atoms with Crippen LogP contribution in [0.5, 0.6) is 5.75 Å². The van der Waals surface area contributed by atoms with Crippen LogP contribution in [0.3, 0.4) is 0 Å². The van der Waals surface area contributed by atoms with E-state index in [1.165, 1.54) is 18.3 Å². The molecule has 8 heteroatoms. The number of ketones is 1. The van der Waals surface area contributed by atoms with E-state index in [-0.39, 0.29) is 11.3 Å². The fraction of sp³-hybridized carbons (Fsp3) is 0.0588. The molecular weight excluding hydrogens is 337 g/mol. The second kappa shape index (κ2) is 6.31. The third kappa shape index (κ3) is 3.79. The van der Waals surface area contributed by atoms with Gasteiger partial charge in [-0.25, -0.2) is 0 Å². The van der Waals surface area contributed by atoms with Crippen LogP contribution in [0.15, 0.2) is 54.7 Å². The first-order chi connectivity index (χ1) is 11.8. The summed E-state index contributed by atoms with van der Waals surface area (Å²) in [5.41, 5.74) is 0.884. The summed E-state index contributed by atoms with van der Waals surface area (Å²) < 4.78 is 40.5. The topological polar surface area (TPSA) is 71.2 Å². The number of rotatable bonds is 4. The Kier molecular flexibility index (Phi) is 4.18. The SMILES string of the molecule is O=C(Nc1cccc(OC(F)(F)F)c1)C(=O)c1c[nH]c2ccccc12. The highest BCUT2D eigenvalue weighted by Crippen LogP contribution is 2.25.